The minimum absolute atomic E-state index is 0.312. The van der Waals surface area contributed by atoms with Gasteiger partial charge in [0.1, 0.15) is 7.11 Å². The van der Waals surface area contributed by atoms with Gasteiger partial charge in [-0.3, -0.25) is 0 Å². The maximum Gasteiger partial charge on any atom is 0.106 e. The van der Waals surface area contributed by atoms with Crippen LogP contribution in [0, 0.1) is 5.41 Å². The van der Waals surface area contributed by atoms with E-state index in [0.29, 0.717) is 5.41 Å². The standard InChI is InChI=1S/C8H17NO/c1-7(9-10-5)6-8(2,3)4/h6H2,1-5H3/b9-7-. The van der Waals surface area contributed by atoms with Crippen molar-refractivity contribution < 1.29 is 4.84 Å². The van der Waals surface area contributed by atoms with Crippen LogP contribution >= 0.6 is 0 Å². The Bertz CT molecular complexity index is 122. The normalized spacial score (nSPS) is 13.5. The van der Waals surface area contributed by atoms with E-state index in [0.717, 1.165) is 12.1 Å². The Labute approximate surface area is 63.3 Å². The van der Waals surface area contributed by atoms with Gasteiger partial charge in [-0.2, -0.15) is 0 Å². The summed E-state index contributed by atoms with van der Waals surface area (Å²) >= 11 is 0. The fourth-order valence-corrected chi connectivity index (χ4v) is 0.956. The lowest BCUT2D eigenvalue weighted by Gasteiger charge is -2.16. The second kappa shape index (κ2) is 3.59. The molecule has 0 aliphatic carbocycles. The third-order valence-corrected chi connectivity index (χ3v) is 1.03. The first kappa shape index (κ1) is 9.47. The molecule has 0 amide bonds. The lowest BCUT2D eigenvalue weighted by molar-refractivity contribution is 0.210. The molecule has 0 bridgehead atoms. The smallest absolute Gasteiger partial charge is 0.106 e. The Morgan fingerprint density at radius 1 is 1.40 bits per heavy atom. The van der Waals surface area contributed by atoms with Crippen LogP contribution in [0.4, 0.5) is 0 Å². The number of rotatable bonds is 2. The zero-order valence-corrected chi connectivity index (χ0v) is 7.56. The summed E-state index contributed by atoms with van der Waals surface area (Å²) < 4.78 is 0. The largest absolute Gasteiger partial charge is 0.399 e. The molecule has 0 fully saturated rings. The van der Waals surface area contributed by atoms with Gasteiger partial charge in [-0.25, -0.2) is 0 Å². The van der Waals surface area contributed by atoms with E-state index < -0.39 is 0 Å². The molecular weight excluding hydrogens is 126 g/mol. The van der Waals surface area contributed by atoms with Crippen molar-refractivity contribution in [1.82, 2.24) is 0 Å². The highest BCUT2D eigenvalue weighted by Gasteiger charge is 2.11. The van der Waals surface area contributed by atoms with E-state index in [1.165, 1.54) is 0 Å². The maximum absolute atomic E-state index is 4.64. The topological polar surface area (TPSA) is 21.6 Å². The van der Waals surface area contributed by atoms with Gasteiger partial charge >= 0.3 is 0 Å². The predicted octanol–water partition coefficient (Wildman–Crippen LogP) is 2.44. The molecule has 0 saturated heterocycles. The average Bonchev–Trinajstić information content (AvgIpc) is 1.59. The summed E-state index contributed by atoms with van der Waals surface area (Å²) in [5, 5.41) is 3.83. The van der Waals surface area contributed by atoms with E-state index in [1.807, 2.05) is 6.92 Å². The third-order valence-electron chi connectivity index (χ3n) is 1.03. The van der Waals surface area contributed by atoms with Gasteiger partial charge in [0.05, 0.1) is 5.71 Å². The van der Waals surface area contributed by atoms with Crippen LogP contribution in [0.5, 0.6) is 0 Å². The molecule has 0 aliphatic rings. The van der Waals surface area contributed by atoms with Crippen LogP contribution in [0.1, 0.15) is 34.1 Å². The summed E-state index contributed by atoms with van der Waals surface area (Å²) in [6.45, 7) is 8.53. The molecule has 0 aromatic rings. The molecule has 0 spiro atoms. The SMILES string of the molecule is CO/N=C(/C)CC(C)(C)C. The molecule has 10 heavy (non-hydrogen) atoms. The quantitative estimate of drug-likeness (QED) is 0.430. The van der Waals surface area contributed by atoms with E-state index in [2.05, 4.69) is 30.8 Å². The number of nitrogens with zero attached hydrogens (tertiary/aromatic N) is 1. The molecule has 0 aromatic carbocycles. The molecule has 0 unspecified atom stereocenters. The lowest BCUT2D eigenvalue weighted by Crippen LogP contribution is -2.10. The molecule has 2 heteroatoms. The first-order valence-corrected chi connectivity index (χ1v) is 3.52. The van der Waals surface area contributed by atoms with Crippen LogP contribution in [0.25, 0.3) is 0 Å². The molecular formula is C8H17NO. The summed E-state index contributed by atoms with van der Waals surface area (Å²) in [6, 6.07) is 0. The van der Waals surface area contributed by atoms with Crippen LogP contribution < -0.4 is 0 Å². The van der Waals surface area contributed by atoms with Crippen LogP contribution in [0.2, 0.25) is 0 Å². The number of hydrogen-bond acceptors (Lipinski definition) is 2. The Morgan fingerprint density at radius 2 is 1.90 bits per heavy atom. The van der Waals surface area contributed by atoms with Crippen molar-refractivity contribution in [2.75, 3.05) is 7.11 Å². The van der Waals surface area contributed by atoms with E-state index in [9.17, 15) is 0 Å². The van der Waals surface area contributed by atoms with Gasteiger partial charge in [-0.05, 0) is 18.8 Å². The van der Waals surface area contributed by atoms with E-state index in [4.69, 9.17) is 0 Å². The minimum Gasteiger partial charge on any atom is -0.399 e. The van der Waals surface area contributed by atoms with Gasteiger partial charge in [0.2, 0.25) is 0 Å². The van der Waals surface area contributed by atoms with E-state index >= 15 is 0 Å². The monoisotopic (exact) mass is 143 g/mol. The molecule has 0 aromatic heterocycles. The van der Waals surface area contributed by atoms with Crippen molar-refractivity contribution in [2.45, 2.75) is 34.1 Å². The molecule has 0 radical (unpaired) electrons. The van der Waals surface area contributed by atoms with Crippen molar-refractivity contribution in [3.8, 4) is 0 Å². The van der Waals surface area contributed by atoms with Crippen molar-refractivity contribution in [3.05, 3.63) is 0 Å². The Morgan fingerprint density at radius 3 is 2.20 bits per heavy atom. The van der Waals surface area contributed by atoms with E-state index in [-0.39, 0.29) is 0 Å². The van der Waals surface area contributed by atoms with Gasteiger partial charge < -0.3 is 4.84 Å². The first-order valence-electron chi connectivity index (χ1n) is 3.52. The average molecular weight is 143 g/mol. The second-order valence-electron chi connectivity index (χ2n) is 3.75. The minimum atomic E-state index is 0.312. The summed E-state index contributed by atoms with van der Waals surface area (Å²) in [4.78, 5) is 4.64. The summed E-state index contributed by atoms with van der Waals surface area (Å²) in [5.41, 5.74) is 1.36. The van der Waals surface area contributed by atoms with Crippen molar-refractivity contribution in [2.24, 2.45) is 10.6 Å². The van der Waals surface area contributed by atoms with Crippen LogP contribution in [0.3, 0.4) is 0 Å². The maximum atomic E-state index is 4.64. The summed E-state index contributed by atoms with van der Waals surface area (Å²) in [7, 11) is 1.58. The third kappa shape index (κ3) is 5.60. The van der Waals surface area contributed by atoms with Crippen molar-refractivity contribution >= 4 is 5.71 Å². The zero-order chi connectivity index (χ0) is 8.20. The molecule has 0 atom stereocenters. The van der Waals surface area contributed by atoms with Crippen molar-refractivity contribution in [1.29, 1.82) is 0 Å². The molecule has 0 aliphatic heterocycles. The number of hydrogen-bond donors (Lipinski definition) is 0. The fourth-order valence-electron chi connectivity index (χ4n) is 0.956. The molecule has 0 saturated carbocycles. The highest BCUT2D eigenvalue weighted by Crippen LogP contribution is 2.18. The molecule has 0 N–H and O–H groups in total. The molecule has 60 valence electrons. The van der Waals surface area contributed by atoms with Gasteiger partial charge in [-0.15, -0.1) is 0 Å². The summed E-state index contributed by atoms with van der Waals surface area (Å²) in [6.07, 6.45) is 0.987. The fraction of sp³-hybridized carbons (Fsp3) is 0.875. The Hall–Kier alpha value is -0.530. The van der Waals surface area contributed by atoms with Gasteiger partial charge in [0, 0.05) is 0 Å². The molecule has 0 heterocycles. The van der Waals surface area contributed by atoms with Gasteiger partial charge in [-0.1, -0.05) is 25.9 Å². The number of oxime groups is 1. The van der Waals surface area contributed by atoms with Gasteiger partial charge in [0.25, 0.3) is 0 Å². The molecule has 0 rings (SSSR count). The lowest BCUT2D eigenvalue weighted by atomic mass is 9.90. The van der Waals surface area contributed by atoms with Crippen LogP contribution in [-0.4, -0.2) is 12.8 Å². The first-order chi connectivity index (χ1) is 4.45. The van der Waals surface area contributed by atoms with Crippen LogP contribution in [-0.2, 0) is 4.84 Å². The highest BCUT2D eigenvalue weighted by molar-refractivity contribution is 5.81. The summed E-state index contributed by atoms with van der Waals surface area (Å²) in [5.74, 6) is 0. The van der Waals surface area contributed by atoms with Gasteiger partial charge in [0.15, 0.2) is 0 Å². The van der Waals surface area contributed by atoms with Crippen molar-refractivity contribution in [3.63, 3.8) is 0 Å². The predicted molar refractivity (Wildman–Crippen MR) is 44.2 cm³/mol. The second-order valence-corrected chi connectivity index (χ2v) is 3.75. The van der Waals surface area contributed by atoms with Crippen LogP contribution in [0.15, 0.2) is 5.16 Å². The highest BCUT2D eigenvalue weighted by atomic mass is 16.6. The van der Waals surface area contributed by atoms with E-state index in [1.54, 1.807) is 7.11 Å². The molecule has 2 nitrogen and oxygen atoms in total. The Kier molecular flexibility index (Phi) is 3.40. The zero-order valence-electron chi connectivity index (χ0n) is 7.56. The Balaban J connectivity index is 3.79.